The van der Waals surface area contributed by atoms with Crippen molar-refractivity contribution in [1.29, 1.82) is 0 Å². The zero-order valence-electron chi connectivity index (χ0n) is 19.2. The van der Waals surface area contributed by atoms with Crippen LogP contribution < -0.4 is 0 Å². The van der Waals surface area contributed by atoms with Crippen LogP contribution >= 0.6 is 11.6 Å². The highest BCUT2D eigenvalue weighted by Crippen LogP contribution is 2.24. The van der Waals surface area contributed by atoms with Crippen molar-refractivity contribution in [3.8, 4) is 0 Å². The minimum absolute atomic E-state index is 0.538. The minimum atomic E-state index is -0.576. The van der Waals surface area contributed by atoms with Gasteiger partial charge in [0.2, 0.25) is 0 Å². The lowest BCUT2D eigenvalue weighted by Crippen LogP contribution is -2.25. The normalized spacial score (nSPS) is 12.6. The first-order valence-corrected chi connectivity index (χ1v) is 12.0. The third-order valence-corrected chi connectivity index (χ3v) is 6.13. The standard InChI is InChI=1S/C31H30ClNO/c32-30-19-16-28(17-20-30)31(34)21-18-29(27-14-8-3-9-15-27)24-33(22-25-10-4-1-5-11-25)23-26-12-6-2-7-13-26/h1-20,31,34H,21-24H2/b29-18+. The second kappa shape index (κ2) is 12.3. The van der Waals surface area contributed by atoms with Gasteiger partial charge in [-0.1, -0.05) is 121 Å². The Morgan fingerprint density at radius 3 is 1.74 bits per heavy atom. The monoisotopic (exact) mass is 467 g/mol. The second-order valence-corrected chi connectivity index (χ2v) is 8.95. The highest BCUT2D eigenvalue weighted by Gasteiger charge is 2.13. The van der Waals surface area contributed by atoms with Gasteiger partial charge in [0.25, 0.3) is 0 Å². The fraction of sp³-hybridized carbons (Fsp3) is 0.161. The molecule has 3 heteroatoms. The van der Waals surface area contributed by atoms with E-state index in [1.807, 2.05) is 30.3 Å². The highest BCUT2D eigenvalue weighted by molar-refractivity contribution is 6.30. The SMILES string of the molecule is OC(C/C=C(\CN(Cc1ccccc1)Cc1ccccc1)c1ccccc1)c1ccc(Cl)cc1. The Bertz CT molecular complexity index is 1120. The first-order chi connectivity index (χ1) is 16.7. The Balaban J connectivity index is 1.58. The van der Waals surface area contributed by atoms with Crippen LogP contribution in [-0.4, -0.2) is 16.6 Å². The average Bonchev–Trinajstić information content (AvgIpc) is 2.88. The summed E-state index contributed by atoms with van der Waals surface area (Å²) in [5.41, 5.74) is 5.83. The Morgan fingerprint density at radius 1 is 0.706 bits per heavy atom. The largest absolute Gasteiger partial charge is 0.388 e. The van der Waals surface area contributed by atoms with Crippen molar-refractivity contribution in [1.82, 2.24) is 4.90 Å². The molecule has 0 saturated carbocycles. The summed E-state index contributed by atoms with van der Waals surface area (Å²) in [5.74, 6) is 0. The molecule has 0 aliphatic heterocycles. The van der Waals surface area contributed by atoms with Crippen molar-refractivity contribution in [3.63, 3.8) is 0 Å². The van der Waals surface area contributed by atoms with Crippen LogP contribution in [0.15, 0.2) is 121 Å². The lowest BCUT2D eigenvalue weighted by Gasteiger charge is -2.25. The van der Waals surface area contributed by atoms with Gasteiger partial charge < -0.3 is 5.11 Å². The van der Waals surface area contributed by atoms with E-state index < -0.39 is 6.10 Å². The van der Waals surface area contributed by atoms with Crippen molar-refractivity contribution < 1.29 is 5.11 Å². The summed E-state index contributed by atoms with van der Waals surface area (Å²) in [6.07, 6.45) is 2.14. The topological polar surface area (TPSA) is 23.5 Å². The van der Waals surface area contributed by atoms with Gasteiger partial charge >= 0.3 is 0 Å². The molecule has 4 aromatic rings. The van der Waals surface area contributed by atoms with Gasteiger partial charge in [0.1, 0.15) is 0 Å². The molecule has 0 bridgehead atoms. The second-order valence-electron chi connectivity index (χ2n) is 8.51. The Hall–Kier alpha value is -3.17. The molecule has 1 N–H and O–H groups in total. The molecular weight excluding hydrogens is 438 g/mol. The Labute approximate surface area is 207 Å². The van der Waals surface area contributed by atoms with Gasteiger partial charge in [0, 0.05) is 24.7 Å². The number of hydrogen-bond donors (Lipinski definition) is 1. The number of benzene rings is 4. The summed E-state index contributed by atoms with van der Waals surface area (Å²) in [6.45, 7) is 2.47. The molecule has 1 atom stereocenters. The quantitative estimate of drug-likeness (QED) is 0.260. The maximum atomic E-state index is 10.8. The van der Waals surface area contributed by atoms with Gasteiger partial charge in [-0.05, 0) is 46.4 Å². The summed E-state index contributed by atoms with van der Waals surface area (Å²) >= 11 is 6.02. The lowest BCUT2D eigenvalue weighted by atomic mass is 10.00. The molecule has 34 heavy (non-hydrogen) atoms. The number of aliphatic hydroxyl groups is 1. The Morgan fingerprint density at radius 2 is 1.21 bits per heavy atom. The van der Waals surface area contributed by atoms with Crippen LogP contribution in [0, 0.1) is 0 Å². The molecule has 0 amide bonds. The van der Waals surface area contributed by atoms with E-state index >= 15 is 0 Å². The minimum Gasteiger partial charge on any atom is -0.388 e. The number of nitrogens with zero attached hydrogens (tertiary/aromatic N) is 1. The molecule has 0 spiro atoms. The lowest BCUT2D eigenvalue weighted by molar-refractivity contribution is 0.181. The molecular formula is C31H30ClNO. The van der Waals surface area contributed by atoms with E-state index in [2.05, 4.69) is 95.9 Å². The molecule has 0 fully saturated rings. The zero-order chi connectivity index (χ0) is 23.6. The van der Waals surface area contributed by atoms with Crippen molar-refractivity contribution in [2.75, 3.05) is 6.54 Å². The molecule has 172 valence electrons. The van der Waals surface area contributed by atoms with Gasteiger partial charge in [-0.15, -0.1) is 0 Å². The summed E-state index contributed by atoms with van der Waals surface area (Å²) < 4.78 is 0. The number of hydrogen-bond acceptors (Lipinski definition) is 2. The molecule has 4 rings (SSSR count). The number of halogens is 1. The molecule has 0 radical (unpaired) electrons. The maximum Gasteiger partial charge on any atom is 0.0824 e. The summed E-state index contributed by atoms with van der Waals surface area (Å²) in [4.78, 5) is 2.46. The van der Waals surface area contributed by atoms with E-state index in [9.17, 15) is 5.11 Å². The van der Waals surface area contributed by atoms with Crippen LogP contribution in [0.1, 0.15) is 34.8 Å². The number of rotatable bonds is 10. The summed E-state index contributed by atoms with van der Waals surface area (Å²) in [6, 6.07) is 39.0. The molecule has 2 nitrogen and oxygen atoms in total. The molecule has 4 aromatic carbocycles. The van der Waals surface area contributed by atoms with E-state index in [0.29, 0.717) is 11.4 Å². The number of aliphatic hydroxyl groups excluding tert-OH is 1. The molecule has 1 unspecified atom stereocenters. The van der Waals surface area contributed by atoms with Crippen LogP contribution in [-0.2, 0) is 13.1 Å². The first kappa shape index (κ1) is 24.0. The van der Waals surface area contributed by atoms with Crippen LogP contribution in [0.2, 0.25) is 5.02 Å². The highest BCUT2D eigenvalue weighted by atomic mass is 35.5. The van der Waals surface area contributed by atoms with E-state index in [4.69, 9.17) is 11.6 Å². The third-order valence-electron chi connectivity index (χ3n) is 5.88. The van der Waals surface area contributed by atoms with Crippen molar-refractivity contribution in [2.24, 2.45) is 0 Å². The average molecular weight is 468 g/mol. The summed E-state index contributed by atoms with van der Waals surface area (Å²) in [7, 11) is 0. The third kappa shape index (κ3) is 7.16. The van der Waals surface area contributed by atoms with E-state index in [1.54, 1.807) is 0 Å². The predicted octanol–water partition coefficient (Wildman–Crippen LogP) is 7.55. The molecule has 0 aliphatic carbocycles. The van der Waals surface area contributed by atoms with E-state index in [0.717, 1.165) is 25.2 Å². The summed E-state index contributed by atoms with van der Waals surface area (Å²) in [5, 5.41) is 11.5. The van der Waals surface area contributed by atoms with Gasteiger partial charge in [-0.3, -0.25) is 4.90 Å². The molecule has 0 heterocycles. The van der Waals surface area contributed by atoms with Crippen LogP contribution in [0.5, 0.6) is 0 Å². The molecule has 0 saturated heterocycles. The van der Waals surface area contributed by atoms with Crippen LogP contribution in [0.25, 0.3) is 5.57 Å². The van der Waals surface area contributed by atoms with Crippen LogP contribution in [0.4, 0.5) is 0 Å². The molecule has 0 aliphatic rings. The van der Waals surface area contributed by atoms with Crippen molar-refractivity contribution in [3.05, 3.63) is 149 Å². The van der Waals surface area contributed by atoms with Crippen molar-refractivity contribution >= 4 is 17.2 Å². The Kier molecular flexibility index (Phi) is 8.70. The van der Waals surface area contributed by atoms with Gasteiger partial charge in [0.15, 0.2) is 0 Å². The zero-order valence-corrected chi connectivity index (χ0v) is 20.0. The van der Waals surface area contributed by atoms with Gasteiger partial charge in [0.05, 0.1) is 6.10 Å². The van der Waals surface area contributed by atoms with E-state index in [1.165, 1.54) is 22.3 Å². The van der Waals surface area contributed by atoms with Gasteiger partial charge in [-0.25, -0.2) is 0 Å². The fourth-order valence-electron chi connectivity index (χ4n) is 4.09. The van der Waals surface area contributed by atoms with E-state index in [-0.39, 0.29) is 0 Å². The van der Waals surface area contributed by atoms with Crippen molar-refractivity contribution in [2.45, 2.75) is 25.6 Å². The fourth-order valence-corrected chi connectivity index (χ4v) is 4.22. The van der Waals surface area contributed by atoms with Crippen LogP contribution in [0.3, 0.4) is 0 Å². The smallest absolute Gasteiger partial charge is 0.0824 e. The van der Waals surface area contributed by atoms with Gasteiger partial charge in [-0.2, -0.15) is 0 Å². The first-order valence-electron chi connectivity index (χ1n) is 11.7. The predicted molar refractivity (Wildman–Crippen MR) is 142 cm³/mol. The maximum absolute atomic E-state index is 10.8. The molecule has 0 aromatic heterocycles.